The molecule has 142 valence electrons. The minimum atomic E-state index is -3.50. The second kappa shape index (κ2) is 7.13. The van der Waals surface area contributed by atoms with Crippen molar-refractivity contribution >= 4 is 32.6 Å². The van der Waals surface area contributed by atoms with Crippen LogP contribution in [0.25, 0.3) is 11.0 Å². The minimum absolute atomic E-state index is 0.0641. The molecule has 3 rings (SSSR count). The van der Waals surface area contributed by atoms with Crippen molar-refractivity contribution in [1.29, 1.82) is 0 Å². The van der Waals surface area contributed by atoms with E-state index in [0.29, 0.717) is 17.0 Å². The van der Waals surface area contributed by atoms with Gasteiger partial charge in [0, 0.05) is 25.2 Å². The molecule has 3 aromatic rings. The second-order valence-electron chi connectivity index (χ2n) is 6.62. The lowest BCUT2D eigenvalue weighted by atomic mass is 10.0. The number of rotatable bonds is 5. The third-order valence-electron chi connectivity index (χ3n) is 4.23. The molecule has 0 aliphatic rings. The number of nitrogens with one attached hydrogen (secondary N) is 1. The van der Waals surface area contributed by atoms with Crippen molar-refractivity contribution in [1.82, 2.24) is 9.46 Å². The number of aryl methyl sites for hydroxylation is 2. The van der Waals surface area contributed by atoms with Crippen LogP contribution in [0.2, 0.25) is 0 Å². The van der Waals surface area contributed by atoms with Gasteiger partial charge < -0.3 is 9.84 Å². The lowest BCUT2D eigenvalue weighted by Crippen LogP contribution is -2.22. The number of amides is 1. The molecule has 0 spiro atoms. The van der Waals surface area contributed by atoms with Crippen molar-refractivity contribution in [3.05, 3.63) is 53.2 Å². The highest BCUT2D eigenvalue weighted by Crippen LogP contribution is 2.25. The van der Waals surface area contributed by atoms with E-state index < -0.39 is 10.0 Å². The summed E-state index contributed by atoms with van der Waals surface area (Å²) < 4.78 is 30.6. The molecule has 0 radical (unpaired) electrons. The fourth-order valence-electron chi connectivity index (χ4n) is 2.92. The van der Waals surface area contributed by atoms with Gasteiger partial charge in [0.25, 0.3) is 0 Å². The summed E-state index contributed by atoms with van der Waals surface area (Å²) in [6.07, 6.45) is 0.0641. The zero-order valence-corrected chi connectivity index (χ0v) is 16.4. The molecule has 0 unspecified atom stereocenters. The zero-order valence-electron chi connectivity index (χ0n) is 15.6. The Labute approximate surface area is 158 Å². The maximum Gasteiger partial charge on any atom is 0.242 e. The van der Waals surface area contributed by atoms with Gasteiger partial charge in [-0.25, -0.2) is 12.7 Å². The number of nitrogens with zero attached hydrogens (tertiary/aromatic N) is 2. The Kier molecular flexibility index (Phi) is 5.03. The van der Waals surface area contributed by atoms with Crippen molar-refractivity contribution < 1.29 is 17.7 Å². The molecular formula is C19H21N3O4S. The predicted octanol–water partition coefficient (Wildman–Crippen LogP) is 2.88. The normalized spacial score (nSPS) is 11.9. The molecule has 0 aliphatic heterocycles. The molecule has 0 atom stereocenters. The molecule has 27 heavy (non-hydrogen) atoms. The van der Waals surface area contributed by atoms with Crippen LogP contribution in [-0.4, -0.2) is 37.9 Å². The Morgan fingerprint density at radius 3 is 2.44 bits per heavy atom. The molecule has 0 aliphatic carbocycles. The first-order chi connectivity index (χ1) is 12.7. The number of hydrogen-bond donors (Lipinski definition) is 1. The van der Waals surface area contributed by atoms with Crippen molar-refractivity contribution in [2.24, 2.45) is 0 Å². The molecule has 1 N–H and O–H groups in total. The third-order valence-corrected chi connectivity index (χ3v) is 6.06. The maximum atomic E-state index is 12.4. The highest BCUT2D eigenvalue weighted by Gasteiger charge is 2.18. The molecule has 1 aromatic heterocycles. The Balaban J connectivity index is 1.75. The van der Waals surface area contributed by atoms with Crippen LogP contribution >= 0.6 is 0 Å². The van der Waals surface area contributed by atoms with E-state index in [9.17, 15) is 13.2 Å². The smallest absolute Gasteiger partial charge is 0.242 e. The molecule has 2 aromatic carbocycles. The number of carbonyl (C=O) groups excluding carboxylic acids is 1. The quantitative estimate of drug-likeness (QED) is 0.727. The van der Waals surface area contributed by atoms with Gasteiger partial charge >= 0.3 is 0 Å². The number of benzene rings is 2. The van der Waals surface area contributed by atoms with Gasteiger partial charge in [0.05, 0.1) is 11.3 Å². The first-order valence-corrected chi connectivity index (χ1v) is 9.80. The van der Waals surface area contributed by atoms with Crippen molar-refractivity contribution in [2.45, 2.75) is 25.2 Å². The molecule has 0 saturated carbocycles. The largest absolute Gasteiger partial charge is 0.356 e. The van der Waals surface area contributed by atoms with Gasteiger partial charge in [0.15, 0.2) is 5.58 Å². The van der Waals surface area contributed by atoms with Gasteiger partial charge in [0.2, 0.25) is 15.9 Å². The molecule has 0 saturated heterocycles. The van der Waals surface area contributed by atoms with Crippen LogP contribution in [0, 0.1) is 13.8 Å². The molecule has 1 amide bonds. The summed E-state index contributed by atoms with van der Waals surface area (Å²) in [6, 6.07) is 9.95. The fraction of sp³-hybridized carbons (Fsp3) is 0.263. The second-order valence-corrected chi connectivity index (χ2v) is 8.77. The third kappa shape index (κ3) is 3.86. The zero-order chi connectivity index (χ0) is 19.8. The van der Waals surface area contributed by atoms with E-state index in [1.54, 1.807) is 12.1 Å². The maximum absolute atomic E-state index is 12.4. The highest BCUT2D eigenvalue weighted by atomic mass is 32.2. The number of anilines is 1. The van der Waals surface area contributed by atoms with Gasteiger partial charge in [0.1, 0.15) is 5.69 Å². The molecule has 0 bridgehead atoms. The fourth-order valence-corrected chi connectivity index (χ4v) is 3.82. The number of sulfonamides is 1. The van der Waals surface area contributed by atoms with E-state index >= 15 is 0 Å². The first-order valence-electron chi connectivity index (χ1n) is 8.36. The van der Waals surface area contributed by atoms with Crippen LogP contribution < -0.4 is 5.32 Å². The average molecular weight is 387 g/mol. The van der Waals surface area contributed by atoms with Gasteiger partial charge in [-0.2, -0.15) is 0 Å². The van der Waals surface area contributed by atoms with Gasteiger partial charge in [-0.15, -0.1) is 0 Å². The van der Waals surface area contributed by atoms with Crippen molar-refractivity contribution in [3.8, 4) is 0 Å². The van der Waals surface area contributed by atoms with Crippen LogP contribution in [0.5, 0.6) is 0 Å². The number of aromatic nitrogens is 1. The molecule has 7 nitrogen and oxygen atoms in total. The Morgan fingerprint density at radius 1 is 1.15 bits per heavy atom. The number of fused-ring (bicyclic) bond motifs is 1. The van der Waals surface area contributed by atoms with E-state index in [0.717, 1.165) is 20.8 Å². The Morgan fingerprint density at radius 2 is 1.81 bits per heavy atom. The van der Waals surface area contributed by atoms with Gasteiger partial charge in [-0.1, -0.05) is 11.2 Å². The van der Waals surface area contributed by atoms with Crippen LogP contribution in [0.15, 0.2) is 45.8 Å². The first kappa shape index (κ1) is 19.1. The SMILES string of the molecule is Cc1cc(C)c2c(CC(=O)Nc3ccc(S(=O)(=O)N(C)C)cc3)noc2c1. The summed E-state index contributed by atoms with van der Waals surface area (Å²) in [4.78, 5) is 12.5. The molecule has 0 fully saturated rings. The average Bonchev–Trinajstić information content (AvgIpc) is 2.97. The van der Waals surface area contributed by atoms with Gasteiger partial charge in [-0.3, -0.25) is 4.79 Å². The van der Waals surface area contributed by atoms with Crippen LogP contribution in [0.1, 0.15) is 16.8 Å². The van der Waals surface area contributed by atoms with E-state index in [1.165, 1.54) is 26.2 Å². The number of hydrogen-bond acceptors (Lipinski definition) is 5. The lowest BCUT2D eigenvalue weighted by Gasteiger charge is -2.12. The summed E-state index contributed by atoms with van der Waals surface area (Å²) in [6.45, 7) is 3.93. The lowest BCUT2D eigenvalue weighted by molar-refractivity contribution is -0.115. The van der Waals surface area contributed by atoms with E-state index in [1.807, 2.05) is 26.0 Å². The monoisotopic (exact) mass is 387 g/mol. The summed E-state index contributed by atoms with van der Waals surface area (Å²) in [5.74, 6) is -0.256. The minimum Gasteiger partial charge on any atom is -0.356 e. The van der Waals surface area contributed by atoms with Crippen molar-refractivity contribution in [2.75, 3.05) is 19.4 Å². The summed E-state index contributed by atoms with van der Waals surface area (Å²) in [5, 5.41) is 7.63. The molecular weight excluding hydrogens is 366 g/mol. The van der Waals surface area contributed by atoms with Crippen molar-refractivity contribution in [3.63, 3.8) is 0 Å². The van der Waals surface area contributed by atoms with Gasteiger partial charge in [-0.05, 0) is 55.3 Å². The van der Waals surface area contributed by atoms with E-state index in [4.69, 9.17) is 4.52 Å². The Hall–Kier alpha value is -2.71. The van der Waals surface area contributed by atoms with E-state index in [2.05, 4.69) is 10.5 Å². The topological polar surface area (TPSA) is 92.5 Å². The molecule has 8 heteroatoms. The van der Waals surface area contributed by atoms with E-state index in [-0.39, 0.29) is 17.2 Å². The van der Waals surface area contributed by atoms with Crippen LogP contribution in [0.3, 0.4) is 0 Å². The summed E-state index contributed by atoms with van der Waals surface area (Å²) in [7, 11) is -0.560. The summed E-state index contributed by atoms with van der Waals surface area (Å²) >= 11 is 0. The predicted molar refractivity (Wildman–Crippen MR) is 103 cm³/mol. The standard InChI is InChI=1S/C19H21N3O4S/c1-12-9-13(2)19-16(21-26-17(19)10-12)11-18(23)20-14-5-7-15(8-6-14)27(24,25)22(3)4/h5-10H,11H2,1-4H3,(H,20,23). The van der Waals surface area contributed by atoms with Crippen LogP contribution in [-0.2, 0) is 21.2 Å². The number of carbonyl (C=O) groups is 1. The Bertz CT molecular complexity index is 1100. The highest BCUT2D eigenvalue weighted by molar-refractivity contribution is 7.89. The summed E-state index contributed by atoms with van der Waals surface area (Å²) in [5.41, 5.74) is 3.82. The molecule has 1 heterocycles. The van der Waals surface area contributed by atoms with Crippen LogP contribution in [0.4, 0.5) is 5.69 Å².